The Morgan fingerprint density at radius 3 is 2.61 bits per heavy atom. The van der Waals surface area contributed by atoms with Crippen LogP contribution in [-0.2, 0) is 4.79 Å². The van der Waals surface area contributed by atoms with E-state index in [2.05, 4.69) is 4.98 Å². The van der Waals surface area contributed by atoms with E-state index in [1.165, 1.54) is 25.4 Å². The van der Waals surface area contributed by atoms with Gasteiger partial charge in [0.1, 0.15) is 6.04 Å². The van der Waals surface area contributed by atoms with Crippen LogP contribution in [0.1, 0.15) is 11.6 Å². The van der Waals surface area contributed by atoms with E-state index in [9.17, 15) is 18.0 Å². The first-order valence-corrected chi connectivity index (χ1v) is 4.93. The van der Waals surface area contributed by atoms with Crippen LogP contribution in [0.15, 0.2) is 18.3 Å². The molecule has 1 rings (SSSR count). The Bertz CT molecular complexity index is 406. The molecule has 1 amide bonds. The second-order valence-corrected chi connectivity index (χ2v) is 3.47. The summed E-state index contributed by atoms with van der Waals surface area (Å²) in [5.41, 5.74) is 5.28. The van der Waals surface area contributed by atoms with Crippen LogP contribution in [0, 0.1) is 0 Å². The molecule has 0 bridgehead atoms. The topological polar surface area (TPSA) is 77.2 Å². The van der Waals surface area contributed by atoms with Crippen LogP contribution >= 0.6 is 0 Å². The van der Waals surface area contributed by atoms with E-state index >= 15 is 0 Å². The zero-order valence-electron chi connectivity index (χ0n) is 9.49. The summed E-state index contributed by atoms with van der Waals surface area (Å²) in [4.78, 5) is 14.9. The molecule has 0 radical (unpaired) electrons. The van der Waals surface area contributed by atoms with Crippen molar-refractivity contribution < 1.29 is 22.7 Å². The van der Waals surface area contributed by atoms with Gasteiger partial charge in [0.2, 0.25) is 11.8 Å². The zero-order chi connectivity index (χ0) is 13.8. The van der Waals surface area contributed by atoms with E-state index < -0.39 is 24.7 Å². The maximum Gasteiger partial charge on any atom is 0.401 e. The molecule has 3 N–H and O–H groups in total. The molecular formula is C10H12F3N3O2. The van der Waals surface area contributed by atoms with Crippen LogP contribution < -0.4 is 15.8 Å². The number of hydrogen-bond donors (Lipinski definition) is 2. The van der Waals surface area contributed by atoms with Gasteiger partial charge in [0, 0.05) is 12.3 Å². The number of carbonyl (C=O) groups excluding carboxylic acids is 1. The lowest BCUT2D eigenvalue weighted by molar-refractivity contribution is -0.130. The third-order valence-electron chi connectivity index (χ3n) is 2.09. The average molecular weight is 263 g/mol. The van der Waals surface area contributed by atoms with E-state index in [4.69, 9.17) is 10.5 Å². The van der Waals surface area contributed by atoms with Crippen molar-refractivity contribution >= 4 is 5.91 Å². The van der Waals surface area contributed by atoms with Gasteiger partial charge >= 0.3 is 6.18 Å². The number of nitrogens with two attached hydrogens (primary N) is 1. The van der Waals surface area contributed by atoms with E-state index in [1.807, 2.05) is 5.32 Å². The first kappa shape index (κ1) is 14.2. The number of nitrogens with one attached hydrogen (secondary N) is 1. The maximum atomic E-state index is 12.1. The van der Waals surface area contributed by atoms with Crippen LogP contribution in [0.3, 0.4) is 0 Å². The van der Waals surface area contributed by atoms with Crippen molar-refractivity contribution in [3.8, 4) is 5.88 Å². The van der Waals surface area contributed by atoms with Gasteiger partial charge in [-0.3, -0.25) is 10.1 Å². The quantitative estimate of drug-likeness (QED) is 0.822. The van der Waals surface area contributed by atoms with Crippen molar-refractivity contribution in [2.24, 2.45) is 5.73 Å². The number of methoxy groups -OCH3 is 1. The molecular weight excluding hydrogens is 251 g/mol. The van der Waals surface area contributed by atoms with E-state index in [-0.39, 0.29) is 11.4 Å². The molecule has 1 heterocycles. The normalized spacial score (nSPS) is 13.1. The minimum Gasteiger partial charge on any atom is -0.481 e. The number of ether oxygens (including phenoxy) is 1. The van der Waals surface area contributed by atoms with E-state index in [0.29, 0.717) is 0 Å². The Balaban J connectivity index is 2.80. The fraction of sp³-hybridized carbons (Fsp3) is 0.400. The number of hydrogen-bond acceptors (Lipinski definition) is 4. The molecule has 1 atom stereocenters. The van der Waals surface area contributed by atoms with Crippen LogP contribution in [0.4, 0.5) is 13.2 Å². The fourth-order valence-electron chi connectivity index (χ4n) is 1.28. The van der Waals surface area contributed by atoms with Crippen molar-refractivity contribution in [3.63, 3.8) is 0 Å². The second-order valence-electron chi connectivity index (χ2n) is 3.47. The van der Waals surface area contributed by atoms with Gasteiger partial charge in [-0.1, -0.05) is 6.07 Å². The van der Waals surface area contributed by atoms with Gasteiger partial charge in [0.25, 0.3) is 0 Å². The Hall–Kier alpha value is -1.83. The molecule has 18 heavy (non-hydrogen) atoms. The minimum absolute atomic E-state index is 0.243. The maximum absolute atomic E-state index is 12.1. The number of rotatable bonds is 5. The van der Waals surface area contributed by atoms with Gasteiger partial charge in [-0.05, 0) is 5.56 Å². The molecule has 0 fully saturated rings. The van der Waals surface area contributed by atoms with Crippen molar-refractivity contribution in [3.05, 3.63) is 23.9 Å². The van der Waals surface area contributed by atoms with Crippen LogP contribution in [0.5, 0.6) is 5.88 Å². The summed E-state index contributed by atoms with van der Waals surface area (Å²) in [6, 6.07) is 1.61. The molecule has 1 aromatic rings. The number of amides is 1. The molecule has 0 aromatic carbocycles. The van der Waals surface area contributed by atoms with E-state index in [1.54, 1.807) is 0 Å². The fourth-order valence-corrected chi connectivity index (χ4v) is 1.28. The Morgan fingerprint density at radius 1 is 1.56 bits per heavy atom. The highest BCUT2D eigenvalue weighted by molar-refractivity contribution is 5.81. The second kappa shape index (κ2) is 5.67. The average Bonchev–Trinajstić information content (AvgIpc) is 2.28. The molecule has 0 saturated heterocycles. The molecule has 1 aromatic heterocycles. The summed E-state index contributed by atoms with van der Waals surface area (Å²) in [5, 5.41) is 2.03. The van der Waals surface area contributed by atoms with Gasteiger partial charge in [0.15, 0.2) is 0 Å². The number of alkyl halides is 3. The standard InChI is InChI=1S/C10H12F3N3O2/c1-18-7-3-2-6(4-15-7)8(9(14)17)16-5-10(11,12)13/h2-4,8,16H,5H2,1H3,(H2,14,17). The Morgan fingerprint density at radius 2 is 2.22 bits per heavy atom. The summed E-state index contributed by atoms with van der Waals surface area (Å²) in [7, 11) is 1.40. The van der Waals surface area contributed by atoms with Crippen molar-refractivity contribution in [2.75, 3.05) is 13.7 Å². The van der Waals surface area contributed by atoms with Gasteiger partial charge in [-0.25, -0.2) is 4.98 Å². The lowest BCUT2D eigenvalue weighted by Gasteiger charge is -2.16. The first-order valence-electron chi connectivity index (χ1n) is 4.93. The predicted molar refractivity (Wildman–Crippen MR) is 56.8 cm³/mol. The molecule has 100 valence electrons. The van der Waals surface area contributed by atoms with Crippen molar-refractivity contribution in [1.29, 1.82) is 0 Å². The van der Waals surface area contributed by atoms with Gasteiger partial charge in [-0.2, -0.15) is 13.2 Å². The number of carbonyl (C=O) groups is 1. The smallest absolute Gasteiger partial charge is 0.401 e. The lowest BCUT2D eigenvalue weighted by atomic mass is 10.1. The molecule has 5 nitrogen and oxygen atoms in total. The number of aromatic nitrogens is 1. The predicted octanol–water partition coefficient (Wildman–Crippen LogP) is 0.769. The highest BCUT2D eigenvalue weighted by Gasteiger charge is 2.30. The monoisotopic (exact) mass is 263 g/mol. The highest BCUT2D eigenvalue weighted by Crippen LogP contribution is 2.18. The van der Waals surface area contributed by atoms with Crippen molar-refractivity contribution in [1.82, 2.24) is 10.3 Å². The van der Waals surface area contributed by atoms with Crippen molar-refractivity contribution in [2.45, 2.75) is 12.2 Å². The van der Waals surface area contributed by atoms with Gasteiger partial charge in [0.05, 0.1) is 13.7 Å². The summed E-state index contributed by atoms with van der Waals surface area (Å²) in [6.45, 7) is -1.31. The number of halogens is 3. The zero-order valence-corrected chi connectivity index (χ0v) is 9.49. The Kier molecular flexibility index (Phi) is 4.49. The summed E-state index contributed by atoms with van der Waals surface area (Å²) in [6.07, 6.45) is -3.19. The highest BCUT2D eigenvalue weighted by atomic mass is 19.4. The molecule has 8 heteroatoms. The third kappa shape index (κ3) is 4.21. The van der Waals surface area contributed by atoms with Crippen LogP contribution in [0.25, 0.3) is 0 Å². The third-order valence-corrected chi connectivity index (χ3v) is 2.09. The molecule has 1 unspecified atom stereocenters. The number of nitrogens with zero attached hydrogens (tertiary/aromatic N) is 1. The largest absolute Gasteiger partial charge is 0.481 e. The molecule has 0 aliphatic rings. The summed E-state index contributed by atoms with van der Waals surface area (Å²) in [5.74, 6) is -0.621. The molecule has 0 spiro atoms. The number of primary amides is 1. The van der Waals surface area contributed by atoms with Crippen LogP contribution in [-0.4, -0.2) is 30.7 Å². The summed E-state index contributed by atoms with van der Waals surface area (Å²) < 4.78 is 41.0. The van der Waals surface area contributed by atoms with Crippen LogP contribution in [0.2, 0.25) is 0 Å². The molecule has 0 saturated carbocycles. The first-order chi connectivity index (χ1) is 8.33. The van der Waals surface area contributed by atoms with Gasteiger partial charge in [-0.15, -0.1) is 0 Å². The van der Waals surface area contributed by atoms with E-state index in [0.717, 1.165) is 0 Å². The number of pyridine rings is 1. The lowest BCUT2D eigenvalue weighted by Crippen LogP contribution is -2.39. The summed E-state index contributed by atoms with van der Waals surface area (Å²) >= 11 is 0. The molecule has 0 aliphatic heterocycles. The Labute approximate surface area is 101 Å². The molecule has 0 aliphatic carbocycles. The van der Waals surface area contributed by atoms with Gasteiger partial charge < -0.3 is 10.5 Å². The minimum atomic E-state index is -4.42. The SMILES string of the molecule is COc1ccc(C(NCC(F)(F)F)C(N)=O)cn1.